The van der Waals surface area contributed by atoms with Gasteiger partial charge in [-0.1, -0.05) is 0 Å². The Bertz CT molecular complexity index is 954. The molecule has 3 aromatic rings. The minimum absolute atomic E-state index is 0.332. The van der Waals surface area contributed by atoms with Gasteiger partial charge in [0.25, 0.3) is 0 Å². The first-order valence-corrected chi connectivity index (χ1v) is 9.32. The molecule has 1 fully saturated rings. The molecular weight excluding hydrogens is 344 g/mol. The quantitative estimate of drug-likeness (QED) is 0.659. The fourth-order valence-corrected chi connectivity index (χ4v) is 3.95. The molecule has 0 bridgehead atoms. The number of nitrogens with zero attached hydrogens (tertiary/aromatic N) is 6. The van der Waals surface area contributed by atoms with Crippen LogP contribution in [0.1, 0.15) is 41.9 Å². The standard InChI is InChI=1S/C19H24N6O2/c1-4-27-19(26)15-11-21-18-16(13(2)22-23(18)3)17(15)24-8-5-14(6-9-24)25-10-7-20-12-25/h7,10-12,14H,4-6,8-9H2,1-3H3. The van der Waals surface area contributed by atoms with Gasteiger partial charge in [0.15, 0.2) is 5.65 Å². The van der Waals surface area contributed by atoms with Crippen LogP contribution in [0.4, 0.5) is 5.69 Å². The fourth-order valence-electron chi connectivity index (χ4n) is 3.95. The minimum atomic E-state index is -0.332. The third-order valence-corrected chi connectivity index (χ3v) is 5.22. The second-order valence-corrected chi connectivity index (χ2v) is 6.88. The number of carbonyl (C=O) groups excluding carboxylic acids is 1. The lowest BCUT2D eigenvalue weighted by atomic mass is 10.0. The van der Waals surface area contributed by atoms with E-state index in [1.54, 1.807) is 10.9 Å². The number of pyridine rings is 1. The van der Waals surface area contributed by atoms with Crippen molar-refractivity contribution in [1.29, 1.82) is 0 Å². The highest BCUT2D eigenvalue weighted by molar-refractivity contribution is 6.05. The van der Waals surface area contributed by atoms with Crippen molar-refractivity contribution in [3.05, 3.63) is 36.2 Å². The van der Waals surface area contributed by atoms with Gasteiger partial charge in [0.1, 0.15) is 5.56 Å². The van der Waals surface area contributed by atoms with E-state index in [2.05, 4.69) is 24.5 Å². The lowest BCUT2D eigenvalue weighted by molar-refractivity contribution is 0.0526. The number of rotatable bonds is 4. The zero-order valence-electron chi connectivity index (χ0n) is 15.9. The number of aromatic nitrogens is 5. The van der Waals surface area contributed by atoms with E-state index in [4.69, 9.17) is 4.74 Å². The highest BCUT2D eigenvalue weighted by atomic mass is 16.5. The first-order chi connectivity index (χ1) is 13.1. The summed E-state index contributed by atoms with van der Waals surface area (Å²) in [5.74, 6) is -0.332. The van der Waals surface area contributed by atoms with Gasteiger partial charge in [-0.05, 0) is 26.7 Å². The molecule has 1 saturated heterocycles. The van der Waals surface area contributed by atoms with Crippen molar-refractivity contribution in [2.24, 2.45) is 7.05 Å². The number of anilines is 1. The van der Waals surface area contributed by atoms with Crippen LogP contribution < -0.4 is 4.90 Å². The third kappa shape index (κ3) is 3.05. The second kappa shape index (κ2) is 7.02. The van der Waals surface area contributed by atoms with Crippen LogP contribution in [0.3, 0.4) is 0 Å². The number of imidazole rings is 1. The Labute approximate surface area is 157 Å². The number of hydrogen-bond donors (Lipinski definition) is 0. The van der Waals surface area contributed by atoms with Crippen molar-refractivity contribution in [3.63, 3.8) is 0 Å². The van der Waals surface area contributed by atoms with E-state index in [1.807, 2.05) is 39.6 Å². The molecule has 0 saturated carbocycles. The summed E-state index contributed by atoms with van der Waals surface area (Å²) in [6.07, 6.45) is 9.30. The van der Waals surface area contributed by atoms with Gasteiger partial charge in [-0.2, -0.15) is 5.10 Å². The number of esters is 1. The fraction of sp³-hybridized carbons (Fsp3) is 0.474. The monoisotopic (exact) mass is 368 g/mol. The number of hydrogen-bond acceptors (Lipinski definition) is 6. The molecule has 27 heavy (non-hydrogen) atoms. The van der Waals surface area contributed by atoms with Gasteiger partial charge in [-0.25, -0.2) is 14.8 Å². The Hall–Kier alpha value is -2.90. The third-order valence-electron chi connectivity index (χ3n) is 5.22. The Balaban J connectivity index is 1.73. The number of piperidine rings is 1. The van der Waals surface area contributed by atoms with Crippen LogP contribution in [0.25, 0.3) is 11.0 Å². The van der Waals surface area contributed by atoms with E-state index in [-0.39, 0.29) is 5.97 Å². The van der Waals surface area contributed by atoms with Gasteiger partial charge >= 0.3 is 5.97 Å². The maximum atomic E-state index is 12.6. The van der Waals surface area contributed by atoms with Crippen molar-refractivity contribution in [1.82, 2.24) is 24.3 Å². The number of carbonyl (C=O) groups is 1. The molecule has 8 nitrogen and oxygen atoms in total. The Morgan fingerprint density at radius 1 is 1.33 bits per heavy atom. The average Bonchev–Trinajstić information content (AvgIpc) is 3.30. The summed E-state index contributed by atoms with van der Waals surface area (Å²) in [6.45, 7) is 5.81. The van der Waals surface area contributed by atoms with Crippen LogP contribution in [0.2, 0.25) is 0 Å². The predicted octanol–water partition coefficient (Wildman–Crippen LogP) is 2.49. The summed E-state index contributed by atoms with van der Waals surface area (Å²) in [4.78, 5) is 23.5. The molecule has 0 aliphatic carbocycles. The maximum absolute atomic E-state index is 12.6. The van der Waals surface area contributed by atoms with E-state index in [0.29, 0.717) is 18.2 Å². The molecule has 0 aromatic carbocycles. The smallest absolute Gasteiger partial charge is 0.341 e. The van der Waals surface area contributed by atoms with Crippen LogP contribution in [-0.2, 0) is 11.8 Å². The van der Waals surface area contributed by atoms with E-state index in [9.17, 15) is 4.79 Å². The number of aryl methyl sites for hydroxylation is 2. The van der Waals surface area contributed by atoms with Gasteiger partial charge in [0.2, 0.25) is 0 Å². The van der Waals surface area contributed by atoms with Crippen LogP contribution in [-0.4, -0.2) is 50.0 Å². The summed E-state index contributed by atoms with van der Waals surface area (Å²) >= 11 is 0. The second-order valence-electron chi connectivity index (χ2n) is 6.88. The molecule has 0 spiro atoms. The molecule has 1 aliphatic rings. The van der Waals surface area contributed by atoms with Crippen molar-refractivity contribution < 1.29 is 9.53 Å². The SMILES string of the molecule is CCOC(=O)c1cnc2c(c(C)nn2C)c1N1CCC(n2ccnc2)CC1. The van der Waals surface area contributed by atoms with Crippen molar-refractivity contribution >= 4 is 22.7 Å². The molecule has 4 rings (SSSR count). The summed E-state index contributed by atoms with van der Waals surface area (Å²) in [6, 6.07) is 0.433. The van der Waals surface area contributed by atoms with Gasteiger partial charge in [-0.15, -0.1) is 0 Å². The van der Waals surface area contributed by atoms with Crippen LogP contribution in [0.15, 0.2) is 24.9 Å². The highest BCUT2D eigenvalue weighted by Gasteiger charge is 2.28. The molecule has 142 valence electrons. The highest BCUT2D eigenvalue weighted by Crippen LogP contribution is 2.35. The summed E-state index contributed by atoms with van der Waals surface area (Å²) in [5, 5.41) is 5.45. The number of ether oxygens (including phenoxy) is 1. The van der Waals surface area contributed by atoms with E-state index < -0.39 is 0 Å². The minimum Gasteiger partial charge on any atom is -0.462 e. The summed E-state index contributed by atoms with van der Waals surface area (Å²) < 4.78 is 9.22. The van der Waals surface area contributed by atoms with E-state index >= 15 is 0 Å². The Kier molecular flexibility index (Phi) is 4.55. The molecule has 0 amide bonds. The predicted molar refractivity (Wildman–Crippen MR) is 102 cm³/mol. The molecule has 0 radical (unpaired) electrons. The largest absolute Gasteiger partial charge is 0.462 e. The average molecular weight is 368 g/mol. The Morgan fingerprint density at radius 2 is 2.11 bits per heavy atom. The van der Waals surface area contributed by atoms with E-state index in [1.165, 1.54) is 0 Å². The van der Waals surface area contributed by atoms with Gasteiger partial charge in [0, 0.05) is 44.8 Å². The first kappa shape index (κ1) is 17.5. The van der Waals surface area contributed by atoms with Crippen LogP contribution >= 0.6 is 0 Å². The van der Waals surface area contributed by atoms with Crippen molar-refractivity contribution in [3.8, 4) is 0 Å². The molecule has 3 aromatic heterocycles. The topological polar surface area (TPSA) is 78.1 Å². The molecule has 8 heteroatoms. The summed E-state index contributed by atoms with van der Waals surface area (Å²) in [7, 11) is 1.88. The Morgan fingerprint density at radius 3 is 2.78 bits per heavy atom. The van der Waals surface area contributed by atoms with Gasteiger partial charge in [0.05, 0.1) is 29.7 Å². The molecule has 4 heterocycles. The van der Waals surface area contributed by atoms with Crippen molar-refractivity contribution in [2.45, 2.75) is 32.7 Å². The lowest BCUT2D eigenvalue weighted by Gasteiger charge is -2.35. The maximum Gasteiger partial charge on any atom is 0.341 e. The molecule has 0 atom stereocenters. The zero-order chi connectivity index (χ0) is 19.0. The molecule has 0 unspecified atom stereocenters. The normalized spacial score (nSPS) is 15.4. The van der Waals surface area contributed by atoms with Gasteiger partial charge < -0.3 is 14.2 Å². The van der Waals surface area contributed by atoms with Crippen LogP contribution in [0.5, 0.6) is 0 Å². The van der Waals surface area contributed by atoms with Crippen LogP contribution in [0, 0.1) is 6.92 Å². The molecule has 1 aliphatic heterocycles. The lowest BCUT2D eigenvalue weighted by Crippen LogP contribution is -2.35. The molecule has 0 N–H and O–H groups in total. The van der Waals surface area contributed by atoms with Gasteiger partial charge in [-0.3, -0.25) is 4.68 Å². The summed E-state index contributed by atoms with van der Waals surface area (Å²) in [5.41, 5.74) is 3.07. The number of fused-ring (bicyclic) bond motifs is 1. The van der Waals surface area contributed by atoms with Crippen molar-refractivity contribution in [2.75, 3.05) is 24.6 Å². The molecular formula is C19H24N6O2. The van der Waals surface area contributed by atoms with E-state index in [0.717, 1.165) is 48.3 Å². The zero-order valence-corrected chi connectivity index (χ0v) is 15.9. The first-order valence-electron chi connectivity index (χ1n) is 9.32.